The van der Waals surface area contributed by atoms with E-state index in [1.165, 1.54) is 0 Å². The number of carbonyl (C=O) groups is 2. The predicted octanol–water partition coefficient (Wildman–Crippen LogP) is 1.12. The molecule has 2 unspecified atom stereocenters. The lowest BCUT2D eigenvalue weighted by molar-refractivity contribution is -0.218. The highest BCUT2D eigenvalue weighted by atomic mass is 19.4. The Kier molecular flexibility index (Phi) is 4.99. The van der Waals surface area contributed by atoms with Gasteiger partial charge in [-0.25, -0.2) is 0 Å². The first kappa shape index (κ1) is 16.5. The second kappa shape index (κ2) is 5.44. The quantitative estimate of drug-likeness (QED) is 0.761. The van der Waals surface area contributed by atoms with Gasteiger partial charge in [-0.3, -0.25) is 9.59 Å². The van der Waals surface area contributed by atoms with Crippen molar-refractivity contribution in [3.63, 3.8) is 0 Å². The third-order valence-electron chi connectivity index (χ3n) is 1.76. The molecule has 0 aromatic heterocycles. The average molecular weight is 280 g/mol. The van der Waals surface area contributed by atoms with Gasteiger partial charge in [0, 0.05) is 13.8 Å². The fourth-order valence-electron chi connectivity index (χ4n) is 1.15. The zero-order chi connectivity index (χ0) is 14.7. The van der Waals surface area contributed by atoms with Crippen molar-refractivity contribution in [1.82, 2.24) is 10.6 Å². The van der Waals surface area contributed by atoms with Crippen molar-refractivity contribution >= 4 is 11.8 Å². The minimum Gasteiger partial charge on any atom is -0.343 e. The third kappa shape index (κ3) is 5.23. The van der Waals surface area contributed by atoms with Gasteiger partial charge in [0.15, 0.2) is 12.1 Å². The predicted molar refractivity (Wildman–Crippen MR) is 47.3 cm³/mol. The molecule has 0 spiro atoms. The van der Waals surface area contributed by atoms with Crippen LogP contribution >= 0.6 is 0 Å². The summed E-state index contributed by atoms with van der Waals surface area (Å²) in [7, 11) is 0. The molecule has 0 saturated heterocycles. The summed E-state index contributed by atoms with van der Waals surface area (Å²) in [5.41, 5.74) is 0. The third-order valence-corrected chi connectivity index (χ3v) is 1.76. The van der Waals surface area contributed by atoms with Gasteiger partial charge in [0.2, 0.25) is 11.8 Å². The molecule has 0 aliphatic rings. The number of alkyl halides is 6. The summed E-state index contributed by atoms with van der Waals surface area (Å²) in [6.07, 6.45) is -10.7. The van der Waals surface area contributed by atoms with Crippen molar-refractivity contribution in [3.8, 4) is 0 Å². The Balaban J connectivity index is 5.34. The minimum absolute atomic E-state index is 0.639. The van der Waals surface area contributed by atoms with E-state index >= 15 is 0 Å². The number of amides is 2. The van der Waals surface area contributed by atoms with Gasteiger partial charge in [0.05, 0.1) is 0 Å². The molecule has 10 heteroatoms. The number of halogens is 6. The van der Waals surface area contributed by atoms with Crippen LogP contribution in [0.25, 0.3) is 0 Å². The molecule has 4 nitrogen and oxygen atoms in total. The van der Waals surface area contributed by atoms with E-state index in [4.69, 9.17) is 0 Å². The maximum absolute atomic E-state index is 12.4. The van der Waals surface area contributed by atoms with Gasteiger partial charge in [0.25, 0.3) is 0 Å². The Hall–Kier alpha value is -1.48. The molecule has 2 amide bonds. The molecule has 0 bridgehead atoms. The molecule has 0 aliphatic heterocycles. The normalized spacial score (nSPS) is 15.8. The molecule has 0 fully saturated rings. The van der Waals surface area contributed by atoms with E-state index in [2.05, 4.69) is 0 Å². The van der Waals surface area contributed by atoms with E-state index in [9.17, 15) is 35.9 Å². The highest BCUT2D eigenvalue weighted by molar-refractivity contribution is 5.75. The van der Waals surface area contributed by atoms with Crippen LogP contribution in [0.1, 0.15) is 13.8 Å². The second-order valence-electron chi connectivity index (χ2n) is 3.44. The van der Waals surface area contributed by atoms with Gasteiger partial charge >= 0.3 is 12.4 Å². The Labute approximate surface area is 97.7 Å². The second-order valence-corrected chi connectivity index (χ2v) is 3.44. The summed E-state index contributed by atoms with van der Waals surface area (Å²) >= 11 is 0. The van der Waals surface area contributed by atoms with Crippen LogP contribution < -0.4 is 10.6 Å². The van der Waals surface area contributed by atoms with Crippen LogP contribution in [0.3, 0.4) is 0 Å². The minimum atomic E-state index is -5.35. The number of hydrogen-bond acceptors (Lipinski definition) is 2. The van der Waals surface area contributed by atoms with Crippen LogP contribution in [0.4, 0.5) is 26.3 Å². The maximum atomic E-state index is 12.4. The summed E-state index contributed by atoms with van der Waals surface area (Å²) in [4.78, 5) is 21.1. The number of hydrogen-bond donors (Lipinski definition) is 2. The van der Waals surface area contributed by atoms with Crippen LogP contribution in [0.15, 0.2) is 0 Å². The Morgan fingerprint density at radius 3 is 1.11 bits per heavy atom. The van der Waals surface area contributed by atoms with Crippen molar-refractivity contribution in [2.75, 3.05) is 0 Å². The SMILES string of the molecule is CC(=O)NC(C(NC(C)=O)C(F)(F)F)C(F)(F)F. The molecule has 0 heterocycles. The van der Waals surface area contributed by atoms with Crippen LogP contribution in [-0.2, 0) is 9.59 Å². The summed E-state index contributed by atoms with van der Waals surface area (Å²) in [6.45, 7) is 1.28. The first-order valence-corrected chi connectivity index (χ1v) is 4.53. The van der Waals surface area contributed by atoms with E-state index in [0.717, 1.165) is 10.6 Å². The van der Waals surface area contributed by atoms with Crippen LogP contribution in [0.5, 0.6) is 0 Å². The maximum Gasteiger partial charge on any atom is 0.410 e. The highest BCUT2D eigenvalue weighted by Gasteiger charge is 2.56. The smallest absolute Gasteiger partial charge is 0.343 e. The molecule has 0 aromatic rings. The highest BCUT2D eigenvalue weighted by Crippen LogP contribution is 2.31. The van der Waals surface area contributed by atoms with E-state index in [1.54, 1.807) is 0 Å². The molecule has 0 rings (SSSR count). The summed E-state index contributed by atoms with van der Waals surface area (Å²) in [6, 6.07) is -6.47. The standard InChI is InChI=1S/C8H10F6N2O2/c1-3(17)15-5(7(9,10)11)6(8(12,13)14)16-4(2)18/h5-6H,1-2H3,(H,15,17)(H,16,18). The largest absolute Gasteiger partial charge is 0.410 e. The van der Waals surface area contributed by atoms with Crippen molar-refractivity contribution in [3.05, 3.63) is 0 Å². The summed E-state index contributed by atoms with van der Waals surface area (Å²) in [5.74, 6) is -2.59. The Morgan fingerprint density at radius 2 is 1.00 bits per heavy atom. The van der Waals surface area contributed by atoms with Crippen LogP contribution in [0, 0.1) is 0 Å². The number of carbonyl (C=O) groups excluding carboxylic acids is 2. The molecule has 0 aliphatic carbocycles. The summed E-state index contributed by atoms with van der Waals surface area (Å²) < 4.78 is 74.7. The topological polar surface area (TPSA) is 58.2 Å². The van der Waals surface area contributed by atoms with Crippen molar-refractivity contribution in [1.29, 1.82) is 0 Å². The van der Waals surface area contributed by atoms with Crippen LogP contribution in [-0.4, -0.2) is 36.3 Å². The van der Waals surface area contributed by atoms with Crippen LogP contribution in [0.2, 0.25) is 0 Å². The lowest BCUT2D eigenvalue weighted by atomic mass is 10.1. The molecular formula is C8H10F6N2O2. The van der Waals surface area contributed by atoms with Gasteiger partial charge in [-0.15, -0.1) is 0 Å². The van der Waals surface area contributed by atoms with Gasteiger partial charge in [-0.05, 0) is 0 Å². The van der Waals surface area contributed by atoms with Gasteiger partial charge in [-0.1, -0.05) is 0 Å². The molecule has 0 radical (unpaired) electrons. The first-order valence-electron chi connectivity index (χ1n) is 4.53. The van der Waals surface area contributed by atoms with Crippen molar-refractivity contribution in [2.24, 2.45) is 0 Å². The molecule has 0 saturated carbocycles. The lowest BCUT2D eigenvalue weighted by Crippen LogP contribution is -2.63. The number of nitrogens with one attached hydrogen (secondary N) is 2. The number of rotatable bonds is 3. The van der Waals surface area contributed by atoms with E-state index < -0.39 is 36.3 Å². The molecule has 2 N–H and O–H groups in total. The van der Waals surface area contributed by atoms with Gasteiger partial charge < -0.3 is 10.6 Å². The van der Waals surface area contributed by atoms with Crippen molar-refractivity contribution in [2.45, 2.75) is 38.3 Å². The monoisotopic (exact) mass is 280 g/mol. The van der Waals surface area contributed by atoms with E-state index in [0.29, 0.717) is 13.8 Å². The van der Waals surface area contributed by atoms with E-state index in [-0.39, 0.29) is 0 Å². The Morgan fingerprint density at radius 1 is 0.778 bits per heavy atom. The fourth-order valence-corrected chi connectivity index (χ4v) is 1.15. The summed E-state index contributed by atoms with van der Waals surface area (Å²) in [5, 5.41) is 2.27. The molecule has 0 aromatic carbocycles. The van der Waals surface area contributed by atoms with Gasteiger partial charge in [0.1, 0.15) is 0 Å². The fraction of sp³-hybridized carbons (Fsp3) is 0.750. The van der Waals surface area contributed by atoms with Crippen molar-refractivity contribution < 1.29 is 35.9 Å². The zero-order valence-corrected chi connectivity index (χ0v) is 9.24. The first-order chi connectivity index (χ1) is 7.85. The zero-order valence-electron chi connectivity index (χ0n) is 9.24. The molecule has 106 valence electrons. The Bertz CT molecular complexity index is 293. The van der Waals surface area contributed by atoms with Gasteiger partial charge in [-0.2, -0.15) is 26.3 Å². The lowest BCUT2D eigenvalue weighted by Gasteiger charge is -2.31. The molecule has 2 atom stereocenters. The molecule has 18 heavy (non-hydrogen) atoms. The van der Waals surface area contributed by atoms with E-state index in [1.807, 2.05) is 0 Å². The average Bonchev–Trinajstić information content (AvgIpc) is 2.06. The molecular weight excluding hydrogens is 270 g/mol.